The normalized spacial score (nSPS) is 11.1. The zero-order valence-corrected chi connectivity index (χ0v) is 8.60. The van der Waals surface area contributed by atoms with Gasteiger partial charge in [0.2, 0.25) is 0 Å². The summed E-state index contributed by atoms with van der Waals surface area (Å²) in [7, 11) is 0. The molecule has 0 aliphatic carbocycles. The molecule has 0 aliphatic rings. The van der Waals surface area contributed by atoms with Gasteiger partial charge in [0.25, 0.3) is 6.29 Å². The number of carbonyl (C=O) groups is 3. The van der Waals surface area contributed by atoms with E-state index in [2.05, 4.69) is 26.5 Å². The van der Waals surface area contributed by atoms with Gasteiger partial charge >= 0.3 is 18.2 Å². The maximum atomic E-state index is 11.1. The summed E-state index contributed by atoms with van der Waals surface area (Å²) in [5.74, 6) is -0.820. The fourth-order valence-electron chi connectivity index (χ4n) is 0.592. The van der Waals surface area contributed by atoms with Gasteiger partial charge in [-0.05, 0) is 6.92 Å². The molecule has 90 valence electrons. The lowest BCUT2D eigenvalue weighted by Crippen LogP contribution is -2.33. The van der Waals surface area contributed by atoms with Gasteiger partial charge in [0.15, 0.2) is 6.61 Å². The second kappa shape index (κ2) is 6.27. The van der Waals surface area contributed by atoms with E-state index >= 15 is 0 Å². The quantitative estimate of drug-likeness (QED) is 0.377. The van der Waals surface area contributed by atoms with Crippen LogP contribution in [0.25, 0.3) is 0 Å². The van der Waals surface area contributed by atoms with Crippen LogP contribution in [0.1, 0.15) is 6.92 Å². The van der Waals surface area contributed by atoms with E-state index in [1.807, 2.05) is 0 Å². The minimum absolute atomic E-state index is 0.0807. The topological polar surface area (TPSA) is 131 Å². The van der Waals surface area contributed by atoms with Crippen LogP contribution in [0.15, 0.2) is 12.2 Å². The summed E-state index contributed by atoms with van der Waals surface area (Å²) in [5.41, 5.74) is 9.46. The van der Waals surface area contributed by atoms with Crippen molar-refractivity contribution in [2.75, 3.05) is 6.61 Å². The van der Waals surface area contributed by atoms with Crippen LogP contribution in [0, 0.1) is 0 Å². The molecule has 2 amide bonds. The minimum atomic E-state index is -1.45. The molecule has 8 heteroatoms. The molecule has 4 N–H and O–H groups in total. The first-order chi connectivity index (χ1) is 7.32. The Morgan fingerprint density at radius 3 is 2.12 bits per heavy atom. The van der Waals surface area contributed by atoms with Crippen molar-refractivity contribution in [3.63, 3.8) is 0 Å². The number of hydrogen-bond acceptors (Lipinski definition) is 6. The molecule has 0 saturated heterocycles. The summed E-state index contributed by atoms with van der Waals surface area (Å²) < 4.78 is 13.2. The lowest BCUT2D eigenvalue weighted by molar-refractivity contribution is -0.168. The fraction of sp³-hybridized carbons (Fsp3) is 0.375. The van der Waals surface area contributed by atoms with Crippen LogP contribution in [-0.2, 0) is 19.0 Å². The van der Waals surface area contributed by atoms with Crippen LogP contribution in [0.5, 0.6) is 0 Å². The Labute approximate surface area is 91.1 Å². The van der Waals surface area contributed by atoms with Gasteiger partial charge in [-0.3, -0.25) is 0 Å². The molecular formula is C8H12N2O6. The van der Waals surface area contributed by atoms with Gasteiger partial charge in [0, 0.05) is 5.57 Å². The molecule has 8 nitrogen and oxygen atoms in total. The molecule has 0 aromatic rings. The second-order valence-electron chi connectivity index (χ2n) is 2.68. The van der Waals surface area contributed by atoms with E-state index < -0.39 is 31.1 Å². The summed E-state index contributed by atoms with van der Waals surface area (Å²) in [5, 5.41) is 0. The molecule has 0 aliphatic heterocycles. The van der Waals surface area contributed by atoms with Gasteiger partial charge in [-0.15, -0.1) is 0 Å². The zero-order valence-electron chi connectivity index (χ0n) is 8.60. The minimum Gasteiger partial charge on any atom is -0.442 e. The third-order valence-corrected chi connectivity index (χ3v) is 1.20. The molecule has 1 atom stereocenters. The van der Waals surface area contributed by atoms with Crippen LogP contribution in [-0.4, -0.2) is 31.1 Å². The van der Waals surface area contributed by atoms with Crippen LogP contribution < -0.4 is 11.5 Å². The predicted molar refractivity (Wildman–Crippen MR) is 50.9 cm³/mol. The molecule has 0 aromatic heterocycles. The molecule has 0 aromatic carbocycles. The number of carbonyl (C=O) groups excluding carboxylic acids is 3. The lowest BCUT2D eigenvalue weighted by atomic mass is 10.4. The second-order valence-corrected chi connectivity index (χ2v) is 2.68. The summed E-state index contributed by atoms with van der Waals surface area (Å²) >= 11 is 0. The van der Waals surface area contributed by atoms with E-state index in [4.69, 9.17) is 5.73 Å². The zero-order chi connectivity index (χ0) is 12.7. The molecule has 0 fully saturated rings. The number of amides is 2. The molecule has 0 saturated carbocycles. The Bertz CT molecular complexity index is 314. The Morgan fingerprint density at radius 2 is 1.75 bits per heavy atom. The van der Waals surface area contributed by atoms with Crippen molar-refractivity contribution < 1.29 is 28.6 Å². The van der Waals surface area contributed by atoms with Gasteiger partial charge in [-0.2, -0.15) is 0 Å². The maximum Gasteiger partial charge on any atom is 0.407 e. The number of nitrogens with two attached hydrogens (primary N) is 2. The highest BCUT2D eigenvalue weighted by molar-refractivity contribution is 5.87. The molecule has 0 rings (SSSR count). The van der Waals surface area contributed by atoms with Gasteiger partial charge < -0.3 is 25.7 Å². The van der Waals surface area contributed by atoms with Crippen molar-refractivity contribution in [3.05, 3.63) is 12.2 Å². The monoisotopic (exact) mass is 232 g/mol. The van der Waals surface area contributed by atoms with Gasteiger partial charge in [-0.25, -0.2) is 14.4 Å². The molecule has 0 bridgehead atoms. The smallest absolute Gasteiger partial charge is 0.407 e. The van der Waals surface area contributed by atoms with E-state index in [1.54, 1.807) is 0 Å². The first kappa shape index (κ1) is 13.8. The van der Waals surface area contributed by atoms with E-state index in [1.165, 1.54) is 6.92 Å². The number of esters is 1. The average molecular weight is 232 g/mol. The molecular weight excluding hydrogens is 220 g/mol. The first-order valence-electron chi connectivity index (χ1n) is 4.07. The Kier molecular flexibility index (Phi) is 5.39. The molecule has 0 heterocycles. The third kappa shape index (κ3) is 6.24. The standard InChI is InChI=1S/C8H12N2O6/c1-4(2)6(11)15-5(16-8(10)13)3-14-7(9)12/h5H,1,3H2,2H3,(H2,9,12)(H2,10,13). The third-order valence-electron chi connectivity index (χ3n) is 1.20. The van der Waals surface area contributed by atoms with E-state index in [0.717, 1.165) is 0 Å². The predicted octanol–water partition coefficient (Wildman–Crippen LogP) is -0.378. The van der Waals surface area contributed by atoms with Crippen molar-refractivity contribution in [2.24, 2.45) is 11.5 Å². The summed E-state index contributed by atoms with van der Waals surface area (Å²) in [6.07, 6.45) is -3.74. The van der Waals surface area contributed by atoms with Crippen molar-refractivity contribution in [1.29, 1.82) is 0 Å². The highest BCUT2D eigenvalue weighted by atomic mass is 16.7. The molecule has 16 heavy (non-hydrogen) atoms. The number of primary amides is 2. The summed E-state index contributed by atoms with van der Waals surface area (Å²) in [4.78, 5) is 31.8. The largest absolute Gasteiger partial charge is 0.442 e. The molecule has 1 unspecified atom stereocenters. The molecule has 0 spiro atoms. The van der Waals surface area contributed by atoms with Gasteiger partial charge in [-0.1, -0.05) is 6.58 Å². The van der Waals surface area contributed by atoms with Crippen LogP contribution in [0.2, 0.25) is 0 Å². The van der Waals surface area contributed by atoms with E-state index in [-0.39, 0.29) is 5.57 Å². The Balaban J connectivity index is 4.30. The van der Waals surface area contributed by atoms with Crippen LogP contribution in [0.3, 0.4) is 0 Å². The summed E-state index contributed by atoms with van der Waals surface area (Å²) in [6, 6.07) is 0. The van der Waals surface area contributed by atoms with E-state index in [9.17, 15) is 14.4 Å². The fourth-order valence-corrected chi connectivity index (χ4v) is 0.592. The lowest BCUT2D eigenvalue weighted by Gasteiger charge is -2.16. The highest BCUT2D eigenvalue weighted by Crippen LogP contribution is 2.01. The average Bonchev–Trinajstić information content (AvgIpc) is 2.12. The van der Waals surface area contributed by atoms with Crippen molar-refractivity contribution in [3.8, 4) is 0 Å². The highest BCUT2D eigenvalue weighted by Gasteiger charge is 2.19. The van der Waals surface area contributed by atoms with Crippen LogP contribution in [0.4, 0.5) is 9.59 Å². The van der Waals surface area contributed by atoms with Crippen LogP contribution >= 0.6 is 0 Å². The van der Waals surface area contributed by atoms with Crippen molar-refractivity contribution in [1.82, 2.24) is 0 Å². The maximum absolute atomic E-state index is 11.1. The summed E-state index contributed by atoms with van der Waals surface area (Å²) in [6.45, 7) is 4.15. The molecule has 0 radical (unpaired) electrons. The Hall–Kier alpha value is -2.25. The number of rotatable bonds is 5. The first-order valence-corrected chi connectivity index (χ1v) is 4.07. The van der Waals surface area contributed by atoms with Gasteiger partial charge in [0.1, 0.15) is 0 Å². The van der Waals surface area contributed by atoms with Crippen molar-refractivity contribution >= 4 is 18.2 Å². The van der Waals surface area contributed by atoms with E-state index in [0.29, 0.717) is 0 Å². The van der Waals surface area contributed by atoms with Gasteiger partial charge in [0.05, 0.1) is 0 Å². The van der Waals surface area contributed by atoms with Crippen molar-refractivity contribution in [2.45, 2.75) is 13.2 Å². The Morgan fingerprint density at radius 1 is 1.19 bits per heavy atom. The SMILES string of the molecule is C=C(C)C(=O)OC(COC(N)=O)OC(N)=O. The number of hydrogen-bond donors (Lipinski definition) is 2. The number of ether oxygens (including phenoxy) is 3.